The predicted octanol–water partition coefficient (Wildman–Crippen LogP) is 3.63. The van der Waals surface area contributed by atoms with Crippen molar-refractivity contribution in [2.24, 2.45) is 0 Å². The van der Waals surface area contributed by atoms with Gasteiger partial charge in [-0.15, -0.1) is 0 Å². The first-order valence-electron chi connectivity index (χ1n) is 7.71. The molecule has 0 aromatic heterocycles. The molecule has 0 spiro atoms. The molecule has 0 saturated carbocycles. The van der Waals surface area contributed by atoms with E-state index in [1.807, 2.05) is 31.2 Å². The Morgan fingerprint density at radius 1 is 1.12 bits per heavy atom. The fraction of sp³-hybridized carbons (Fsp3) is 0.316. The van der Waals surface area contributed by atoms with Gasteiger partial charge in [-0.3, -0.25) is 4.79 Å². The van der Waals surface area contributed by atoms with Gasteiger partial charge in [0.2, 0.25) is 5.91 Å². The van der Waals surface area contributed by atoms with Crippen molar-refractivity contribution >= 4 is 5.91 Å². The monoisotopic (exact) mass is 331 g/mol. The van der Waals surface area contributed by atoms with Crippen LogP contribution in [0.2, 0.25) is 0 Å². The quantitative estimate of drug-likeness (QED) is 0.879. The van der Waals surface area contributed by atoms with Crippen molar-refractivity contribution < 1.29 is 18.7 Å². The van der Waals surface area contributed by atoms with Crippen LogP contribution >= 0.6 is 0 Å². The van der Waals surface area contributed by atoms with Crippen molar-refractivity contribution in [2.45, 2.75) is 26.3 Å². The van der Waals surface area contributed by atoms with Crippen LogP contribution in [-0.2, 0) is 11.2 Å². The molecular formula is C19H22FNO3. The molecule has 0 aliphatic carbocycles. The summed E-state index contributed by atoms with van der Waals surface area (Å²) >= 11 is 0. The number of halogens is 1. The smallest absolute Gasteiger partial charge is 0.217 e. The van der Waals surface area contributed by atoms with Crippen LogP contribution in [0.3, 0.4) is 0 Å². The normalized spacial score (nSPS) is 11.7. The molecule has 24 heavy (non-hydrogen) atoms. The zero-order chi connectivity index (χ0) is 17.7. The van der Waals surface area contributed by atoms with Crippen LogP contribution in [0.25, 0.3) is 0 Å². The zero-order valence-electron chi connectivity index (χ0n) is 14.4. The van der Waals surface area contributed by atoms with Gasteiger partial charge in [-0.1, -0.05) is 24.3 Å². The lowest BCUT2D eigenvalue weighted by molar-refractivity contribution is -0.119. The summed E-state index contributed by atoms with van der Waals surface area (Å²) in [4.78, 5) is 11.1. The Bertz CT molecular complexity index is 713. The van der Waals surface area contributed by atoms with Crippen molar-refractivity contribution in [3.05, 3.63) is 58.9 Å². The second-order valence-corrected chi connectivity index (χ2v) is 5.64. The number of amides is 1. The number of rotatable bonds is 6. The fourth-order valence-electron chi connectivity index (χ4n) is 2.56. The highest BCUT2D eigenvalue weighted by Gasteiger charge is 2.12. The van der Waals surface area contributed by atoms with Crippen molar-refractivity contribution in [3.63, 3.8) is 0 Å². The van der Waals surface area contributed by atoms with Crippen molar-refractivity contribution in [2.75, 3.05) is 14.2 Å². The topological polar surface area (TPSA) is 47.6 Å². The van der Waals surface area contributed by atoms with Crippen LogP contribution in [-0.4, -0.2) is 20.1 Å². The van der Waals surface area contributed by atoms with Crippen molar-refractivity contribution in [1.82, 2.24) is 5.32 Å². The van der Waals surface area contributed by atoms with E-state index in [2.05, 4.69) is 5.32 Å². The maximum atomic E-state index is 14.2. The van der Waals surface area contributed by atoms with Gasteiger partial charge in [0.15, 0.2) is 11.5 Å². The van der Waals surface area contributed by atoms with Gasteiger partial charge in [0.05, 0.1) is 20.3 Å². The highest BCUT2D eigenvalue weighted by Crippen LogP contribution is 2.31. The molecule has 0 heterocycles. The average Bonchev–Trinajstić information content (AvgIpc) is 2.56. The Kier molecular flexibility index (Phi) is 5.79. The molecule has 4 nitrogen and oxygen atoms in total. The Labute approximate surface area is 141 Å². The van der Waals surface area contributed by atoms with Crippen LogP contribution in [0.5, 0.6) is 11.5 Å². The summed E-state index contributed by atoms with van der Waals surface area (Å²) in [6.45, 7) is 3.41. The molecule has 0 unspecified atom stereocenters. The molecule has 2 aromatic carbocycles. The lowest BCUT2D eigenvalue weighted by Gasteiger charge is -2.14. The minimum atomic E-state index is -0.330. The van der Waals surface area contributed by atoms with E-state index in [1.54, 1.807) is 6.07 Å². The molecule has 1 amide bonds. The number of carbonyl (C=O) groups is 1. The number of ether oxygens (including phenoxy) is 2. The summed E-state index contributed by atoms with van der Waals surface area (Å²) in [7, 11) is 3.00. The number of methoxy groups -OCH3 is 2. The lowest BCUT2D eigenvalue weighted by Crippen LogP contribution is -2.23. The van der Waals surface area contributed by atoms with E-state index in [-0.39, 0.29) is 17.8 Å². The Hall–Kier alpha value is -2.56. The van der Waals surface area contributed by atoms with Gasteiger partial charge in [0, 0.05) is 19.4 Å². The molecule has 0 saturated heterocycles. The Morgan fingerprint density at radius 3 is 2.25 bits per heavy atom. The molecule has 1 N–H and O–H groups in total. The Morgan fingerprint density at radius 2 is 1.71 bits per heavy atom. The number of hydrogen-bond donors (Lipinski definition) is 1. The zero-order valence-corrected chi connectivity index (χ0v) is 14.4. The summed E-state index contributed by atoms with van der Waals surface area (Å²) in [6.07, 6.45) is 0.445. The van der Waals surface area contributed by atoms with Gasteiger partial charge in [-0.2, -0.15) is 0 Å². The van der Waals surface area contributed by atoms with E-state index >= 15 is 0 Å². The van der Waals surface area contributed by atoms with E-state index in [0.717, 1.165) is 11.1 Å². The van der Waals surface area contributed by atoms with Crippen LogP contribution < -0.4 is 14.8 Å². The van der Waals surface area contributed by atoms with Crippen molar-refractivity contribution in [3.8, 4) is 11.5 Å². The minimum absolute atomic E-state index is 0.0608. The summed E-state index contributed by atoms with van der Waals surface area (Å²) in [5.74, 6) is 0.477. The second kappa shape index (κ2) is 7.81. The summed E-state index contributed by atoms with van der Waals surface area (Å²) in [5, 5.41) is 2.84. The lowest BCUT2D eigenvalue weighted by atomic mass is 10.0. The number of benzene rings is 2. The third-order valence-electron chi connectivity index (χ3n) is 3.85. The largest absolute Gasteiger partial charge is 0.493 e. The maximum Gasteiger partial charge on any atom is 0.217 e. The molecule has 2 aromatic rings. The molecule has 0 radical (unpaired) electrons. The predicted molar refractivity (Wildman–Crippen MR) is 91.0 cm³/mol. The highest BCUT2D eigenvalue weighted by atomic mass is 19.1. The molecular weight excluding hydrogens is 309 g/mol. The van der Waals surface area contributed by atoms with Crippen LogP contribution in [0.15, 0.2) is 36.4 Å². The molecule has 1 atom stereocenters. The number of hydrogen-bond acceptors (Lipinski definition) is 3. The van der Waals surface area contributed by atoms with Crippen LogP contribution in [0, 0.1) is 5.82 Å². The minimum Gasteiger partial charge on any atom is -0.493 e. The van der Waals surface area contributed by atoms with Crippen molar-refractivity contribution in [1.29, 1.82) is 0 Å². The van der Waals surface area contributed by atoms with E-state index in [4.69, 9.17) is 9.47 Å². The molecule has 128 valence electrons. The highest BCUT2D eigenvalue weighted by molar-refractivity contribution is 5.73. The third kappa shape index (κ3) is 4.25. The molecule has 0 aliphatic rings. The third-order valence-corrected chi connectivity index (χ3v) is 3.85. The molecule has 0 fully saturated rings. The molecule has 5 heteroatoms. The number of nitrogens with one attached hydrogen (secondary N) is 1. The van der Waals surface area contributed by atoms with E-state index in [1.165, 1.54) is 27.2 Å². The first kappa shape index (κ1) is 17.8. The van der Waals surface area contributed by atoms with Gasteiger partial charge < -0.3 is 14.8 Å². The van der Waals surface area contributed by atoms with Gasteiger partial charge in [0.25, 0.3) is 0 Å². The fourth-order valence-corrected chi connectivity index (χ4v) is 2.56. The summed E-state index contributed by atoms with van der Waals surface area (Å²) < 4.78 is 24.5. The van der Waals surface area contributed by atoms with Gasteiger partial charge in [-0.05, 0) is 29.7 Å². The van der Waals surface area contributed by atoms with Gasteiger partial charge in [-0.25, -0.2) is 4.39 Å². The summed E-state index contributed by atoms with van der Waals surface area (Å²) in [6, 6.07) is 10.7. The molecule has 2 rings (SSSR count). The molecule has 0 aliphatic heterocycles. The number of carbonyl (C=O) groups excluding carboxylic acids is 1. The van der Waals surface area contributed by atoms with E-state index < -0.39 is 0 Å². The average molecular weight is 331 g/mol. The van der Waals surface area contributed by atoms with Gasteiger partial charge in [0.1, 0.15) is 5.82 Å². The van der Waals surface area contributed by atoms with Crippen LogP contribution in [0.4, 0.5) is 4.39 Å². The summed E-state index contributed by atoms with van der Waals surface area (Å²) in [5.41, 5.74) is 2.51. The standard InChI is InChI=1S/C19H22FNO3/c1-12(21-13(2)22)15-7-5-14(6-8-15)9-16-10-18(23-3)19(24-4)11-17(16)20/h5-8,10-12H,9H2,1-4H3,(H,21,22)/t12-/m0/s1. The van der Waals surface area contributed by atoms with Crippen LogP contribution in [0.1, 0.15) is 36.6 Å². The first-order chi connectivity index (χ1) is 11.4. The maximum absolute atomic E-state index is 14.2. The first-order valence-corrected chi connectivity index (χ1v) is 7.71. The second-order valence-electron chi connectivity index (χ2n) is 5.64. The molecule has 0 bridgehead atoms. The van der Waals surface area contributed by atoms with E-state index in [0.29, 0.717) is 23.5 Å². The SMILES string of the molecule is COc1cc(F)c(Cc2ccc([C@H](C)NC(C)=O)cc2)cc1OC. The van der Waals surface area contributed by atoms with E-state index in [9.17, 15) is 9.18 Å². The Balaban J connectivity index is 2.18. The van der Waals surface area contributed by atoms with Gasteiger partial charge >= 0.3 is 0 Å².